The molecule has 0 unspecified atom stereocenters. The van der Waals surface area contributed by atoms with Crippen molar-refractivity contribution in [3.8, 4) is 11.3 Å². The van der Waals surface area contributed by atoms with E-state index in [1.807, 2.05) is 0 Å². The van der Waals surface area contributed by atoms with Gasteiger partial charge in [-0.3, -0.25) is 14.5 Å². The fourth-order valence-corrected chi connectivity index (χ4v) is 4.96. The van der Waals surface area contributed by atoms with E-state index in [4.69, 9.17) is 0 Å². The molecule has 1 aliphatic carbocycles. The van der Waals surface area contributed by atoms with E-state index in [9.17, 15) is 22.0 Å². The van der Waals surface area contributed by atoms with Gasteiger partial charge < -0.3 is 5.32 Å². The Balaban J connectivity index is 1.56. The van der Waals surface area contributed by atoms with Crippen LogP contribution in [0.1, 0.15) is 24.2 Å². The number of Topliss-reactive ketones (excluding diaryl/α,β-unsaturated/α-hetero) is 1. The third-order valence-corrected chi connectivity index (χ3v) is 7.16. The molecular weight excluding hydrogens is 476 g/mol. The first kappa shape index (κ1) is 23.3. The van der Waals surface area contributed by atoms with Crippen LogP contribution in [-0.4, -0.2) is 47.4 Å². The van der Waals surface area contributed by atoms with Crippen molar-refractivity contribution in [2.45, 2.75) is 37.0 Å². The minimum atomic E-state index is -3.67. The average Bonchev–Trinajstić information content (AvgIpc) is 3.41. The number of aromatic nitrogens is 3. The molecule has 3 aromatic rings. The number of aryl methyl sites for hydroxylation is 1. The number of carbonyl (C=O) groups is 1. The van der Waals surface area contributed by atoms with Crippen LogP contribution in [0.15, 0.2) is 46.4 Å². The van der Waals surface area contributed by atoms with E-state index in [-0.39, 0.29) is 46.5 Å². The zero-order valence-corrected chi connectivity index (χ0v) is 19.9. The summed E-state index contributed by atoms with van der Waals surface area (Å²) in [5, 5.41) is 7.39. The monoisotopic (exact) mass is 499 g/mol. The number of fused-ring (bicyclic) bond motifs is 1. The maximum absolute atomic E-state index is 13.4. The van der Waals surface area contributed by atoms with Gasteiger partial charge in [-0.2, -0.15) is 5.10 Å². The highest BCUT2D eigenvalue weighted by atomic mass is 32.2. The van der Waals surface area contributed by atoms with Crippen LogP contribution in [-0.2, 0) is 34.5 Å². The second kappa shape index (κ2) is 8.63. The van der Waals surface area contributed by atoms with Crippen LogP contribution >= 0.6 is 0 Å². The molecule has 1 N–H and O–H groups in total. The number of pyridine rings is 1. The van der Waals surface area contributed by atoms with Crippen molar-refractivity contribution in [3.05, 3.63) is 47.9 Å². The predicted octanol–water partition coefficient (Wildman–Crippen LogP) is 4.04. The van der Waals surface area contributed by atoms with Gasteiger partial charge in [-0.05, 0) is 37.1 Å². The summed E-state index contributed by atoms with van der Waals surface area (Å²) in [6.07, 6.45) is 1.79. The van der Waals surface area contributed by atoms with E-state index < -0.39 is 16.3 Å². The standard InChI is InChI=1S/C24H23F2N5O3S/c1-31-8-7-16(30-31)14-5-6-17(22(9-14)35(2,33)34)28-18-10-15(11-21(32)13-3-4-13)27-19-12-20(24(25)26)29-23(18)19/h5-10,13,24H,3-4,11-12H2,1-2H3,(H,27,28). The second-order valence-corrected chi connectivity index (χ2v) is 10.9. The molecule has 2 aliphatic rings. The van der Waals surface area contributed by atoms with Crippen LogP contribution in [0.5, 0.6) is 0 Å². The van der Waals surface area contributed by atoms with E-state index in [0.717, 1.165) is 19.1 Å². The molecule has 1 saturated carbocycles. The number of hydrogen-bond donors (Lipinski definition) is 1. The molecule has 182 valence electrons. The summed E-state index contributed by atoms with van der Waals surface area (Å²) < 4.78 is 53.7. The molecule has 11 heteroatoms. The normalized spacial score (nSPS) is 15.3. The molecule has 35 heavy (non-hydrogen) atoms. The summed E-state index contributed by atoms with van der Waals surface area (Å²) in [7, 11) is -1.91. The van der Waals surface area contributed by atoms with Crippen molar-refractivity contribution < 1.29 is 22.0 Å². The number of anilines is 2. The number of carbonyl (C=O) groups excluding carboxylic acids is 1. The summed E-state index contributed by atoms with van der Waals surface area (Å²) in [6, 6.07) is 8.22. The first-order valence-corrected chi connectivity index (χ1v) is 13.0. The van der Waals surface area contributed by atoms with Crippen LogP contribution in [0.25, 0.3) is 11.3 Å². The Hall–Kier alpha value is -3.47. The molecule has 3 heterocycles. The van der Waals surface area contributed by atoms with Gasteiger partial charge in [-0.25, -0.2) is 22.2 Å². The number of hydrogen-bond acceptors (Lipinski definition) is 7. The number of sulfone groups is 1. The minimum absolute atomic E-state index is 0.0258. The predicted molar refractivity (Wildman–Crippen MR) is 128 cm³/mol. The molecule has 2 aromatic heterocycles. The zero-order valence-electron chi connectivity index (χ0n) is 19.1. The third kappa shape index (κ3) is 4.86. The molecule has 0 radical (unpaired) electrons. The Morgan fingerprint density at radius 2 is 1.97 bits per heavy atom. The van der Waals surface area contributed by atoms with Gasteiger partial charge in [-0.15, -0.1) is 0 Å². The summed E-state index contributed by atoms with van der Waals surface area (Å²) in [6.45, 7) is 0. The Bertz CT molecular complexity index is 1480. The first-order valence-electron chi connectivity index (χ1n) is 11.1. The zero-order chi connectivity index (χ0) is 24.9. The van der Waals surface area contributed by atoms with E-state index in [1.165, 1.54) is 6.07 Å². The number of halogens is 2. The Kier molecular flexibility index (Phi) is 5.74. The highest BCUT2D eigenvalue weighted by Gasteiger charge is 2.31. The third-order valence-electron chi connectivity index (χ3n) is 6.02. The van der Waals surface area contributed by atoms with Gasteiger partial charge in [0, 0.05) is 43.8 Å². The lowest BCUT2D eigenvalue weighted by atomic mass is 10.1. The Labute approximate surface area is 201 Å². The van der Waals surface area contributed by atoms with Crippen molar-refractivity contribution in [3.63, 3.8) is 0 Å². The second-order valence-electron chi connectivity index (χ2n) is 8.94. The van der Waals surface area contributed by atoms with Crippen molar-refractivity contribution in [1.29, 1.82) is 0 Å². The van der Waals surface area contributed by atoms with Gasteiger partial charge in [0.05, 0.1) is 39.1 Å². The summed E-state index contributed by atoms with van der Waals surface area (Å²) in [4.78, 5) is 20.9. The number of nitrogens with zero attached hydrogens (tertiary/aromatic N) is 4. The van der Waals surface area contributed by atoms with Crippen LogP contribution in [0, 0.1) is 5.92 Å². The molecule has 8 nitrogen and oxygen atoms in total. The highest BCUT2D eigenvalue weighted by Crippen LogP contribution is 2.39. The van der Waals surface area contributed by atoms with Gasteiger partial charge in [0.25, 0.3) is 6.43 Å². The highest BCUT2D eigenvalue weighted by molar-refractivity contribution is 7.90. The molecule has 0 bridgehead atoms. The summed E-state index contributed by atoms with van der Waals surface area (Å²) in [5.74, 6) is 0.0956. The van der Waals surface area contributed by atoms with E-state index >= 15 is 0 Å². The molecular formula is C24H23F2N5O3S. The van der Waals surface area contributed by atoms with Crippen molar-refractivity contribution in [1.82, 2.24) is 14.8 Å². The fourth-order valence-electron chi connectivity index (χ4n) is 4.10. The summed E-state index contributed by atoms with van der Waals surface area (Å²) >= 11 is 0. The molecule has 1 fully saturated rings. The quantitative estimate of drug-likeness (QED) is 0.501. The maximum atomic E-state index is 13.4. The molecule has 0 atom stereocenters. The average molecular weight is 500 g/mol. The van der Waals surface area contributed by atoms with E-state index in [0.29, 0.717) is 28.3 Å². The number of aliphatic imine (C=N–C) groups is 1. The van der Waals surface area contributed by atoms with Crippen molar-refractivity contribution in [2.75, 3.05) is 11.6 Å². The van der Waals surface area contributed by atoms with Crippen LogP contribution in [0.2, 0.25) is 0 Å². The van der Waals surface area contributed by atoms with Crippen LogP contribution < -0.4 is 5.32 Å². The fraction of sp³-hybridized carbons (Fsp3) is 0.333. The SMILES string of the molecule is Cn1ccc(-c2ccc(Nc3cc(CC(=O)C4CC4)nc4c3N=C(C(F)F)C4)c(S(C)(=O)=O)c2)n1. The first-order chi connectivity index (χ1) is 16.6. The van der Waals surface area contributed by atoms with Gasteiger partial charge >= 0.3 is 0 Å². The van der Waals surface area contributed by atoms with E-state index in [2.05, 4.69) is 20.4 Å². The topological polar surface area (TPSA) is 106 Å². The lowest BCUT2D eigenvalue weighted by Crippen LogP contribution is -2.11. The van der Waals surface area contributed by atoms with Gasteiger partial charge in [0.2, 0.25) is 0 Å². The molecule has 0 amide bonds. The minimum Gasteiger partial charge on any atom is -0.353 e. The largest absolute Gasteiger partial charge is 0.353 e. The molecule has 0 saturated heterocycles. The smallest absolute Gasteiger partial charge is 0.277 e. The number of rotatable bonds is 8. The van der Waals surface area contributed by atoms with Gasteiger partial charge in [-0.1, -0.05) is 6.07 Å². The van der Waals surface area contributed by atoms with Crippen LogP contribution in [0.3, 0.4) is 0 Å². The Morgan fingerprint density at radius 3 is 2.60 bits per heavy atom. The lowest BCUT2D eigenvalue weighted by molar-refractivity contribution is -0.119. The number of nitrogens with one attached hydrogen (secondary N) is 1. The van der Waals surface area contributed by atoms with Crippen molar-refractivity contribution >= 4 is 38.4 Å². The van der Waals surface area contributed by atoms with Crippen molar-refractivity contribution in [2.24, 2.45) is 18.0 Å². The molecule has 0 spiro atoms. The Morgan fingerprint density at radius 1 is 1.20 bits per heavy atom. The van der Waals surface area contributed by atoms with Gasteiger partial charge in [0.15, 0.2) is 9.84 Å². The number of benzene rings is 1. The van der Waals surface area contributed by atoms with E-state index in [1.54, 1.807) is 42.2 Å². The van der Waals surface area contributed by atoms with Crippen LogP contribution in [0.4, 0.5) is 25.8 Å². The summed E-state index contributed by atoms with van der Waals surface area (Å²) in [5.41, 5.74) is 2.53. The molecule has 1 aromatic carbocycles. The maximum Gasteiger partial charge on any atom is 0.277 e. The molecule has 5 rings (SSSR count). The van der Waals surface area contributed by atoms with Gasteiger partial charge in [0.1, 0.15) is 11.5 Å². The number of ketones is 1. The lowest BCUT2D eigenvalue weighted by Gasteiger charge is -2.15. The molecule has 1 aliphatic heterocycles. The number of alkyl halides is 2.